The zero-order valence-electron chi connectivity index (χ0n) is 9.22. The van der Waals surface area contributed by atoms with Gasteiger partial charge in [0.1, 0.15) is 5.75 Å². The van der Waals surface area contributed by atoms with Crippen LogP contribution in [0, 0.1) is 0 Å². The van der Waals surface area contributed by atoms with Gasteiger partial charge in [0.2, 0.25) is 0 Å². The third-order valence-corrected chi connectivity index (χ3v) is 2.59. The normalized spacial score (nSPS) is 14.1. The maximum Gasteiger partial charge on any atom is 0.260 e. The minimum absolute atomic E-state index is 0.0502. The van der Waals surface area contributed by atoms with Gasteiger partial charge in [-0.15, -0.1) is 0 Å². The van der Waals surface area contributed by atoms with E-state index in [1.54, 1.807) is 24.3 Å². The van der Waals surface area contributed by atoms with Crippen molar-refractivity contribution in [3.8, 4) is 5.75 Å². The number of hydrogen-bond donors (Lipinski definition) is 0. The van der Waals surface area contributed by atoms with Crippen molar-refractivity contribution in [3.63, 3.8) is 0 Å². The highest BCUT2D eigenvalue weighted by Gasteiger charge is 2.24. The van der Waals surface area contributed by atoms with Crippen molar-refractivity contribution in [2.24, 2.45) is 0 Å². The van der Waals surface area contributed by atoms with Crippen LogP contribution in [-0.4, -0.2) is 30.1 Å². The topological polar surface area (TPSA) is 69.7 Å². The average Bonchev–Trinajstić information content (AvgIpc) is 2.32. The van der Waals surface area contributed by atoms with Gasteiger partial charge in [0.15, 0.2) is 6.73 Å². The highest BCUT2D eigenvalue weighted by molar-refractivity contribution is 5.97. The first-order valence-corrected chi connectivity index (χ1v) is 5.39. The maximum absolute atomic E-state index is 12.0. The molecule has 0 unspecified atom stereocenters. The SMILES string of the molecule is O=C([O-])CCCN1COc2ccccc2C1=O. The Balaban J connectivity index is 2.00. The van der Waals surface area contributed by atoms with Crippen LogP contribution < -0.4 is 9.84 Å². The molecule has 1 aliphatic heterocycles. The first-order valence-electron chi connectivity index (χ1n) is 5.39. The summed E-state index contributed by atoms with van der Waals surface area (Å²) in [5, 5.41) is 10.3. The van der Waals surface area contributed by atoms with E-state index in [9.17, 15) is 14.7 Å². The fourth-order valence-electron chi connectivity index (χ4n) is 1.73. The highest BCUT2D eigenvalue weighted by atomic mass is 16.5. The van der Waals surface area contributed by atoms with Crippen LogP contribution in [0.4, 0.5) is 0 Å². The molecule has 0 spiro atoms. The summed E-state index contributed by atoms with van der Waals surface area (Å²) >= 11 is 0. The number of fused-ring (bicyclic) bond motifs is 1. The number of hydrogen-bond acceptors (Lipinski definition) is 4. The van der Waals surface area contributed by atoms with Crippen molar-refractivity contribution in [2.75, 3.05) is 13.3 Å². The second-order valence-electron chi connectivity index (χ2n) is 3.81. The fourth-order valence-corrected chi connectivity index (χ4v) is 1.73. The molecule has 1 amide bonds. The summed E-state index contributed by atoms with van der Waals surface area (Å²) in [7, 11) is 0. The second-order valence-corrected chi connectivity index (χ2v) is 3.81. The Hall–Kier alpha value is -2.04. The van der Waals surface area contributed by atoms with Crippen molar-refractivity contribution in [3.05, 3.63) is 29.8 Å². The number of para-hydroxylation sites is 1. The lowest BCUT2D eigenvalue weighted by Gasteiger charge is -2.28. The van der Waals surface area contributed by atoms with E-state index < -0.39 is 5.97 Å². The molecule has 0 fully saturated rings. The molecule has 1 aliphatic rings. The minimum Gasteiger partial charge on any atom is -0.550 e. The molecule has 1 aromatic rings. The van der Waals surface area contributed by atoms with Gasteiger partial charge >= 0.3 is 0 Å². The van der Waals surface area contributed by atoms with Gasteiger partial charge in [-0.3, -0.25) is 4.79 Å². The van der Waals surface area contributed by atoms with Gasteiger partial charge in [-0.1, -0.05) is 12.1 Å². The van der Waals surface area contributed by atoms with E-state index in [0.29, 0.717) is 24.3 Å². The molecule has 1 aromatic carbocycles. The molecule has 5 heteroatoms. The van der Waals surface area contributed by atoms with Crippen LogP contribution in [0.25, 0.3) is 0 Å². The number of amides is 1. The minimum atomic E-state index is -1.10. The quantitative estimate of drug-likeness (QED) is 0.735. The Kier molecular flexibility index (Phi) is 3.27. The van der Waals surface area contributed by atoms with Gasteiger partial charge < -0.3 is 19.5 Å². The maximum atomic E-state index is 12.0. The van der Waals surface area contributed by atoms with E-state index in [-0.39, 0.29) is 19.1 Å². The molecule has 17 heavy (non-hydrogen) atoms. The van der Waals surface area contributed by atoms with Gasteiger partial charge in [-0.25, -0.2) is 0 Å². The van der Waals surface area contributed by atoms with Crippen LogP contribution >= 0.6 is 0 Å². The molecule has 0 saturated heterocycles. The largest absolute Gasteiger partial charge is 0.550 e. The van der Waals surface area contributed by atoms with Crippen molar-refractivity contribution < 1.29 is 19.4 Å². The zero-order valence-corrected chi connectivity index (χ0v) is 9.22. The molecule has 90 valence electrons. The highest BCUT2D eigenvalue weighted by Crippen LogP contribution is 2.24. The van der Waals surface area contributed by atoms with E-state index in [0.717, 1.165) is 0 Å². The van der Waals surface area contributed by atoms with Gasteiger partial charge in [0, 0.05) is 12.5 Å². The van der Waals surface area contributed by atoms with Crippen molar-refractivity contribution in [1.82, 2.24) is 4.90 Å². The molecular formula is C12H12NO4-. The Bertz CT molecular complexity index is 444. The van der Waals surface area contributed by atoms with Crippen LogP contribution in [0.3, 0.4) is 0 Å². The number of rotatable bonds is 4. The monoisotopic (exact) mass is 234 g/mol. The van der Waals surface area contributed by atoms with Gasteiger partial charge in [0.25, 0.3) is 5.91 Å². The van der Waals surface area contributed by atoms with Crippen LogP contribution in [0.2, 0.25) is 0 Å². The van der Waals surface area contributed by atoms with Crippen molar-refractivity contribution in [2.45, 2.75) is 12.8 Å². The van der Waals surface area contributed by atoms with Crippen LogP contribution in [0.5, 0.6) is 5.75 Å². The number of nitrogens with zero attached hydrogens (tertiary/aromatic N) is 1. The smallest absolute Gasteiger partial charge is 0.260 e. The van der Waals surface area contributed by atoms with E-state index >= 15 is 0 Å². The Morgan fingerprint density at radius 3 is 2.94 bits per heavy atom. The molecule has 0 radical (unpaired) electrons. The van der Waals surface area contributed by atoms with Crippen molar-refractivity contribution in [1.29, 1.82) is 0 Å². The number of carbonyl (C=O) groups excluding carboxylic acids is 2. The molecule has 0 atom stereocenters. The molecular weight excluding hydrogens is 222 g/mol. The lowest BCUT2D eigenvalue weighted by Crippen LogP contribution is -2.39. The second kappa shape index (κ2) is 4.86. The number of carboxylic acids is 1. The number of carboxylic acid groups (broad SMARTS) is 1. The standard InChI is InChI=1S/C12H13NO4/c14-11(15)6-3-7-13-8-17-10-5-2-1-4-9(10)12(13)16/h1-2,4-5H,3,6-8H2,(H,14,15)/p-1. The van der Waals surface area contributed by atoms with Gasteiger partial charge in [-0.05, 0) is 25.0 Å². The third kappa shape index (κ3) is 2.55. The lowest BCUT2D eigenvalue weighted by molar-refractivity contribution is -0.305. The Labute approximate surface area is 98.6 Å². The Morgan fingerprint density at radius 2 is 2.18 bits per heavy atom. The molecule has 5 nitrogen and oxygen atoms in total. The summed E-state index contributed by atoms with van der Waals surface area (Å²) in [5.41, 5.74) is 0.521. The first-order chi connectivity index (χ1) is 8.18. The number of carbonyl (C=O) groups is 2. The predicted molar refractivity (Wildman–Crippen MR) is 57.2 cm³/mol. The summed E-state index contributed by atoms with van der Waals surface area (Å²) in [6, 6.07) is 7.01. The molecule has 0 saturated carbocycles. The van der Waals surface area contributed by atoms with Crippen molar-refractivity contribution >= 4 is 11.9 Å². The van der Waals surface area contributed by atoms with Crippen LogP contribution in [0.1, 0.15) is 23.2 Å². The van der Waals surface area contributed by atoms with Crippen LogP contribution in [-0.2, 0) is 4.79 Å². The number of benzene rings is 1. The molecule has 0 aliphatic carbocycles. The Morgan fingerprint density at radius 1 is 1.41 bits per heavy atom. The van der Waals surface area contributed by atoms with E-state index in [2.05, 4.69) is 0 Å². The number of ether oxygens (including phenoxy) is 1. The summed E-state index contributed by atoms with van der Waals surface area (Å²) in [4.78, 5) is 23.7. The van der Waals surface area contributed by atoms with Crippen LogP contribution in [0.15, 0.2) is 24.3 Å². The average molecular weight is 234 g/mol. The van der Waals surface area contributed by atoms with Gasteiger partial charge in [-0.2, -0.15) is 0 Å². The first kappa shape index (κ1) is 11.4. The summed E-state index contributed by atoms with van der Waals surface area (Å²) in [5.74, 6) is -0.644. The fraction of sp³-hybridized carbons (Fsp3) is 0.333. The van der Waals surface area contributed by atoms with E-state index in [1.165, 1.54) is 4.90 Å². The van der Waals surface area contributed by atoms with E-state index in [4.69, 9.17) is 4.74 Å². The predicted octanol–water partition coefficient (Wildman–Crippen LogP) is 0.00880. The molecule has 0 aromatic heterocycles. The summed E-state index contributed by atoms with van der Waals surface area (Å²) in [6.07, 6.45) is 0.324. The summed E-state index contributed by atoms with van der Waals surface area (Å²) < 4.78 is 5.41. The molecule has 2 rings (SSSR count). The third-order valence-electron chi connectivity index (χ3n) is 2.59. The lowest BCUT2D eigenvalue weighted by atomic mass is 10.1. The van der Waals surface area contributed by atoms with E-state index in [1.807, 2.05) is 0 Å². The molecule has 0 bridgehead atoms. The molecule has 1 heterocycles. The summed E-state index contributed by atoms with van der Waals surface area (Å²) in [6.45, 7) is 0.532. The molecule has 0 N–H and O–H groups in total. The zero-order chi connectivity index (χ0) is 12.3. The number of aliphatic carboxylic acids is 1. The van der Waals surface area contributed by atoms with Gasteiger partial charge in [0.05, 0.1) is 5.56 Å².